The Morgan fingerprint density at radius 3 is 2.71 bits per heavy atom. The average Bonchev–Trinajstić information content (AvgIpc) is 2.45. The first-order valence-electron chi connectivity index (χ1n) is 6.36. The van der Waals surface area contributed by atoms with Crippen LogP contribution < -0.4 is 4.74 Å². The molecule has 1 nitrogen and oxygen atoms in total. The van der Waals surface area contributed by atoms with Gasteiger partial charge >= 0.3 is 0 Å². The van der Waals surface area contributed by atoms with Crippen LogP contribution >= 0.6 is 52.4 Å². The molecule has 110 valence electrons. The van der Waals surface area contributed by atoms with Crippen molar-refractivity contribution in [1.29, 1.82) is 0 Å². The molecule has 0 bridgehead atoms. The number of ether oxygens (including phenoxy) is 1. The Bertz CT molecular complexity index is 673. The summed E-state index contributed by atoms with van der Waals surface area (Å²) in [4.78, 5) is 0. The van der Waals surface area contributed by atoms with Crippen LogP contribution in [-0.2, 0) is 12.8 Å². The Balaban J connectivity index is 2.28. The van der Waals surface area contributed by atoms with Gasteiger partial charge < -0.3 is 4.74 Å². The van der Waals surface area contributed by atoms with E-state index in [-0.39, 0.29) is 0 Å². The lowest BCUT2D eigenvalue weighted by Gasteiger charge is -2.12. The minimum Gasteiger partial charge on any atom is -0.496 e. The number of hydrogen-bond donors (Lipinski definition) is 1. The van der Waals surface area contributed by atoms with Crippen LogP contribution in [0.4, 0.5) is 0 Å². The molecular weight excluding hydrogens is 388 g/mol. The van der Waals surface area contributed by atoms with Gasteiger partial charge in [-0.2, -0.15) is 0 Å². The summed E-state index contributed by atoms with van der Waals surface area (Å²) in [6.07, 6.45) is 1.60. The molecule has 2 rings (SSSR count). The predicted molar refractivity (Wildman–Crippen MR) is 100 cm³/mol. The predicted octanol–water partition coefficient (Wildman–Crippen LogP) is 5.50. The molecular formula is C16H14BrClOS2. The fraction of sp³-hybridized carbons (Fsp3) is 0.188. The Morgan fingerprint density at radius 2 is 2.05 bits per heavy atom. The lowest BCUT2D eigenvalue weighted by molar-refractivity contribution is 0.409. The number of rotatable bonds is 5. The van der Waals surface area contributed by atoms with Crippen LogP contribution in [0.3, 0.4) is 0 Å². The fourth-order valence-electron chi connectivity index (χ4n) is 2.22. The summed E-state index contributed by atoms with van der Waals surface area (Å²) in [5.41, 5.74) is 3.08. The number of benzene rings is 2. The van der Waals surface area contributed by atoms with Gasteiger partial charge in [-0.3, -0.25) is 0 Å². The van der Waals surface area contributed by atoms with Crippen molar-refractivity contribution < 1.29 is 4.74 Å². The maximum Gasteiger partial charge on any atom is 0.122 e. The van der Waals surface area contributed by atoms with E-state index in [0.717, 1.165) is 44.8 Å². The smallest absolute Gasteiger partial charge is 0.122 e. The third kappa shape index (κ3) is 4.22. The number of halogens is 2. The highest BCUT2D eigenvalue weighted by Crippen LogP contribution is 2.28. The van der Waals surface area contributed by atoms with Gasteiger partial charge in [0.15, 0.2) is 0 Å². The van der Waals surface area contributed by atoms with E-state index in [4.69, 9.17) is 28.6 Å². The molecule has 21 heavy (non-hydrogen) atoms. The van der Waals surface area contributed by atoms with Crippen molar-refractivity contribution in [3.05, 3.63) is 62.6 Å². The van der Waals surface area contributed by atoms with E-state index < -0.39 is 0 Å². The number of methoxy groups -OCH3 is 1. The van der Waals surface area contributed by atoms with Crippen LogP contribution in [0.15, 0.2) is 40.9 Å². The first kappa shape index (κ1) is 16.8. The highest BCUT2D eigenvalue weighted by molar-refractivity contribution is 9.10. The molecule has 2 aromatic carbocycles. The summed E-state index contributed by atoms with van der Waals surface area (Å²) in [7, 11) is 1.68. The quantitative estimate of drug-likeness (QED) is 0.523. The van der Waals surface area contributed by atoms with Crippen LogP contribution in [0.25, 0.3) is 0 Å². The summed E-state index contributed by atoms with van der Waals surface area (Å²) in [6, 6.07) is 11.7. The minimum atomic E-state index is 0.564. The van der Waals surface area contributed by atoms with Crippen molar-refractivity contribution in [2.45, 2.75) is 12.8 Å². The summed E-state index contributed by atoms with van der Waals surface area (Å²) in [6.45, 7) is 0. The highest BCUT2D eigenvalue weighted by atomic mass is 79.9. The van der Waals surface area contributed by atoms with Crippen LogP contribution in [0.5, 0.6) is 5.75 Å². The van der Waals surface area contributed by atoms with E-state index in [1.165, 1.54) is 0 Å². The third-order valence-corrected chi connectivity index (χ3v) is 4.54. The molecule has 0 N–H and O–H groups in total. The SMILES string of the molecule is COc1ccc(Br)cc1CCc1c(Cl)cccc1C(=S)S. The monoisotopic (exact) mass is 400 g/mol. The van der Waals surface area contributed by atoms with Gasteiger partial charge in [-0.1, -0.05) is 51.9 Å². The first-order valence-corrected chi connectivity index (χ1v) is 8.38. The number of aryl methyl sites for hydroxylation is 1. The normalized spacial score (nSPS) is 10.5. The third-order valence-electron chi connectivity index (χ3n) is 3.24. The molecule has 0 aliphatic heterocycles. The van der Waals surface area contributed by atoms with Crippen molar-refractivity contribution in [2.75, 3.05) is 7.11 Å². The van der Waals surface area contributed by atoms with Gasteiger partial charge in [0, 0.05) is 15.1 Å². The van der Waals surface area contributed by atoms with Crippen LogP contribution in [-0.4, -0.2) is 11.3 Å². The van der Waals surface area contributed by atoms with E-state index in [9.17, 15) is 0 Å². The van der Waals surface area contributed by atoms with Crippen LogP contribution in [0.1, 0.15) is 16.7 Å². The molecule has 0 aliphatic carbocycles. The molecule has 0 saturated carbocycles. The van der Waals surface area contributed by atoms with Crippen molar-refractivity contribution in [2.24, 2.45) is 0 Å². The molecule has 0 atom stereocenters. The second kappa shape index (κ2) is 7.63. The van der Waals surface area contributed by atoms with Crippen LogP contribution in [0.2, 0.25) is 5.02 Å². The molecule has 0 fully saturated rings. The van der Waals surface area contributed by atoms with Crippen molar-refractivity contribution >= 4 is 56.6 Å². The zero-order valence-electron chi connectivity index (χ0n) is 11.4. The molecule has 0 amide bonds. The molecule has 0 heterocycles. The van der Waals surface area contributed by atoms with Gasteiger partial charge in [0.2, 0.25) is 0 Å². The summed E-state index contributed by atoms with van der Waals surface area (Å²) in [5, 5.41) is 0.720. The maximum atomic E-state index is 6.31. The Kier molecular flexibility index (Phi) is 6.11. The zero-order chi connectivity index (χ0) is 15.4. The maximum absolute atomic E-state index is 6.31. The summed E-state index contributed by atoms with van der Waals surface area (Å²) in [5.74, 6) is 0.875. The average molecular weight is 402 g/mol. The van der Waals surface area contributed by atoms with E-state index in [1.54, 1.807) is 7.11 Å². The van der Waals surface area contributed by atoms with E-state index >= 15 is 0 Å². The highest BCUT2D eigenvalue weighted by Gasteiger charge is 2.11. The van der Waals surface area contributed by atoms with Crippen LogP contribution in [0, 0.1) is 0 Å². The molecule has 5 heteroatoms. The second-order valence-corrected chi connectivity index (χ2v) is 7.01. The molecule has 0 radical (unpaired) electrons. The standard InChI is InChI=1S/C16H14BrClOS2/c1-19-15-8-6-11(17)9-10(15)5-7-12-13(16(20)21)3-2-4-14(12)18/h2-4,6,8-9H,5,7H2,1H3,(H,20,21). The summed E-state index contributed by atoms with van der Waals surface area (Å²) >= 11 is 19.3. The van der Waals surface area contributed by atoms with Gasteiger partial charge in [0.1, 0.15) is 5.75 Å². The molecule has 0 spiro atoms. The second-order valence-electron chi connectivity index (χ2n) is 4.53. The van der Waals surface area contributed by atoms with Crippen molar-refractivity contribution in [1.82, 2.24) is 0 Å². The van der Waals surface area contributed by atoms with Gasteiger partial charge in [-0.05, 0) is 48.2 Å². The van der Waals surface area contributed by atoms with Gasteiger partial charge in [-0.15, -0.1) is 12.6 Å². The van der Waals surface area contributed by atoms with Gasteiger partial charge in [0.25, 0.3) is 0 Å². The largest absolute Gasteiger partial charge is 0.496 e. The number of hydrogen-bond acceptors (Lipinski definition) is 2. The zero-order valence-corrected chi connectivity index (χ0v) is 15.5. The van der Waals surface area contributed by atoms with Gasteiger partial charge in [0.05, 0.1) is 11.3 Å². The van der Waals surface area contributed by atoms with E-state index in [2.05, 4.69) is 34.6 Å². The Morgan fingerprint density at radius 1 is 1.29 bits per heavy atom. The van der Waals surface area contributed by atoms with E-state index in [1.807, 2.05) is 30.3 Å². The minimum absolute atomic E-state index is 0.564. The van der Waals surface area contributed by atoms with E-state index in [0.29, 0.717) is 4.20 Å². The molecule has 0 unspecified atom stereocenters. The van der Waals surface area contributed by atoms with Crippen molar-refractivity contribution in [3.8, 4) is 5.75 Å². The molecule has 0 aromatic heterocycles. The fourth-order valence-corrected chi connectivity index (χ4v) is 3.29. The molecule has 0 saturated heterocycles. The number of thiol groups is 1. The lowest BCUT2D eigenvalue weighted by Crippen LogP contribution is -2.01. The molecule has 2 aromatic rings. The first-order chi connectivity index (χ1) is 10.0. The Labute approximate surface area is 149 Å². The summed E-state index contributed by atoms with van der Waals surface area (Å²) < 4.78 is 7.00. The van der Waals surface area contributed by atoms with Gasteiger partial charge in [-0.25, -0.2) is 0 Å². The number of thiocarbonyl (C=S) groups is 1. The molecule has 0 aliphatic rings. The topological polar surface area (TPSA) is 9.23 Å². The Hall–Kier alpha value is -0.550. The van der Waals surface area contributed by atoms with Crippen molar-refractivity contribution in [3.63, 3.8) is 0 Å². The lowest BCUT2D eigenvalue weighted by atomic mass is 10.00.